The predicted molar refractivity (Wildman–Crippen MR) is 48.8 cm³/mol. The molecule has 15 heavy (non-hydrogen) atoms. The molecule has 0 rings (SSSR count). The van der Waals surface area contributed by atoms with Crippen LogP contribution in [-0.2, 0) is 9.59 Å². The summed E-state index contributed by atoms with van der Waals surface area (Å²) in [5.74, 6) is -2.50. The summed E-state index contributed by atoms with van der Waals surface area (Å²) in [5, 5.41) is 10.6. The largest absolute Gasteiger partial charge is 0.526 e. The number of carboxylic acids is 1. The minimum atomic E-state index is -1.44. The molecule has 4 nitrogen and oxygen atoms in total. The Morgan fingerprint density at radius 1 is 1.53 bits per heavy atom. The van der Waals surface area contributed by atoms with E-state index in [1.807, 2.05) is 0 Å². The van der Waals surface area contributed by atoms with Gasteiger partial charge in [-0.25, -0.2) is 9.18 Å². The van der Waals surface area contributed by atoms with E-state index in [2.05, 4.69) is 18.5 Å². The Labute approximate surface area is 80.4 Å². The summed E-state index contributed by atoms with van der Waals surface area (Å²) >= 11 is 0. The molecule has 0 unspecified atom stereocenters. The van der Waals surface area contributed by atoms with E-state index in [0.717, 1.165) is 6.08 Å². The molecule has 0 aliphatic heterocycles. The Bertz CT molecular complexity index is 296. The van der Waals surface area contributed by atoms with Gasteiger partial charge >= 0.3 is 5.97 Å². The number of rotatable bonds is 6. The molecule has 0 aromatic rings. The molecule has 0 fully saturated rings. The Balaban J connectivity index is 0. The fraction of sp³-hybridized carbons (Fsp3) is 0.111. The number of aliphatic carboxylic acids is 1. The van der Waals surface area contributed by atoms with Gasteiger partial charge in [0.2, 0.25) is 0 Å². The van der Waals surface area contributed by atoms with E-state index < -0.39 is 17.4 Å². The average molecular weight is 455 g/mol. The summed E-state index contributed by atoms with van der Waals surface area (Å²) in [6.07, 6.45) is 2.37. The molecule has 0 aromatic heterocycles. The van der Waals surface area contributed by atoms with E-state index in [4.69, 9.17) is 5.11 Å². The van der Waals surface area contributed by atoms with Gasteiger partial charge in [0.15, 0.2) is 0 Å². The quantitative estimate of drug-likeness (QED) is 0.268. The van der Waals surface area contributed by atoms with Gasteiger partial charge in [-0.2, -0.15) is 6.41 Å². The van der Waals surface area contributed by atoms with E-state index in [1.54, 1.807) is 0 Å². The van der Waals surface area contributed by atoms with Crippen molar-refractivity contribution in [3.63, 3.8) is 0 Å². The Morgan fingerprint density at radius 2 is 2.07 bits per heavy atom. The molecule has 0 aromatic carbocycles. The first-order valence-electron chi connectivity index (χ1n) is 3.56. The molecule has 2 N–H and O–H groups in total. The zero-order valence-corrected chi connectivity index (χ0v) is 10.0. The minimum Gasteiger partial charge on any atom is -0.526 e. The molecule has 0 spiro atoms. The zero-order chi connectivity index (χ0) is 11.1. The van der Waals surface area contributed by atoms with Crippen LogP contribution in [0.15, 0.2) is 36.2 Å². The van der Waals surface area contributed by atoms with Crippen LogP contribution < -0.4 is 5.32 Å². The average Bonchev–Trinajstić information content (AvgIpc) is 2.09. The van der Waals surface area contributed by atoms with Crippen LogP contribution in [0.2, 0.25) is 0 Å². The normalized spacial score (nSPS) is 9.80. The number of nitrogens with one attached hydrogen (secondary N) is 1. The van der Waals surface area contributed by atoms with Crippen molar-refractivity contribution in [1.29, 1.82) is 0 Å². The number of halogens is 1. The maximum atomic E-state index is 12.5. The summed E-state index contributed by atoms with van der Waals surface area (Å²) in [7, 11) is 0. The monoisotopic (exact) mass is 455 g/mol. The van der Waals surface area contributed by atoms with Crippen molar-refractivity contribution in [2.75, 3.05) is 6.54 Å². The Morgan fingerprint density at radius 3 is 2.40 bits per heavy atom. The van der Waals surface area contributed by atoms with Crippen LogP contribution in [0.3, 0.4) is 0 Å². The van der Waals surface area contributed by atoms with E-state index in [1.165, 1.54) is 6.41 Å². The first kappa shape index (κ1) is 14.6. The number of carboxylic acid groups (broad SMARTS) is 1. The number of hydrogen-bond donors (Lipinski definition) is 2. The molecule has 0 heterocycles. The first-order valence-corrected chi connectivity index (χ1v) is 3.56. The maximum Gasteiger partial charge on any atom is 0.338 e. The smallest absolute Gasteiger partial charge is 0.338 e. The van der Waals surface area contributed by atoms with Gasteiger partial charge in [0.1, 0.15) is 5.83 Å². The molecule has 0 atom stereocenters. The molecule has 6 heteroatoms. The van der Waals surface area contributed by atoms with Crippen LogP contribution in [0.4, 0.5) is 4.39 Å². The molecular weight excluding hydrogens is 446 g/mol. The third kappa shape index (κ3) is 5.35. The molecule has 0 saturated heterocycles. The standard InChI is InChI=1S/C9H9FNO3.Fm/c1-6(4-11-5-12)3-8(7(2)10)9(13)14;/h3H,1-2,4H2,(H,11,12)(H,13,14);/q-1;/b8-3+;. The molecule has 0 aliphatic rings. The zero-order valence-electron chi connectivity index (χ0n) is 7.63. The summed E-state index contributed by atoms with van der Waals surface area (Å²) in [5.41, 5.74) is -0.341. The van der Waals surface area contributed by atoms with Gasteiger partial charge in [-0.3, -0.25) is 0 Å². The van der Waals surface area contributed by atoms with Crippen molar-refractivity contribution in [1.82, 2.24) is 5.32 Å². The van der Waals surface area contributed by atoms with E-state index in [0.29, 0.717) is 0 Å². The van der Waals surface area contributed by atoms with Crippen LogP contribution in [0.1, 0.15) is 0 Å². The fourth-order valence-corrected chi connectivity index (χ4v) is 0.661. The van der Waals surface area contributed by atoms with Gasteiger partial charge in [0.25, 0.3) is 0 Å². The van der Waals surface area contributed by atoms with E-state index in [9.17, 15) is 14.0 Å². The predicted octanol–water partition coefficient (Wildman–Crippen LogP) is 0.694. The molecule has 1 amide bonds. The van der Waals surface area contributed by atoms with Gasteiger partial charge in [0.05, 0.1) is 5.57 Å². The fourth-order valence-electron chi connectivity index (χ4n) is 0.661. The van der Waals surface area contributed by atoms with Gasteiger partial charge in [-0.05, 0) is 11.6 Å². The number of carbonyl (C=O) groups excluding carboxylic acids is 1. The summed E-state index contributed by atoms with van der Waals surface area (Å²) in [6.45, 7) is 6.27. The third-order valence-electron chi connectivity index (χ3n) is 1.26. The van der Waals surface area contributed by atoms with Crippen molar-refractivity contribution >= 4 is 12.4 Å². The van der Waals surface area contributed by atoms with Crippen molar-refractivity contribution in [2.45, 2.75) is 0 Å². The second kappa shape index (κ2) is 6.59. The second-order valence-corrected chi connectivity index (χ2v) is 2.38. The van der Waals surface area contributed by atoms with Crippen molar-refractivity contribution in [3.8, 4) is 0 Å². The third-order valence-corrected chi connectivity index (χ3v) is 1.26. The van der Waals surface area contributed by atoms with Crippen molar-refractivity contribution in [2.24, 2.45) is 0 Å². The van der Waals surface area contributed by atoms with E-state index >= 15 is 0 Å². The number of hydrogen-bond acceptors (Lipinski definition) is 2. The van der Waals surface area contributed by atoms with Crippen molar-refractivity contribution in [3.05, 3.63) is 36.2 Å². The van der Waals surface area contributed by atoms with Crippen LogP contribution in [0.5, 0.6) is 0 Å². The maximum absolute atomic E-state index is 12.5. The van der Waals surface area contributed by atoms with E-state index in [-0.39, 0.29) is 12.1 Å². The SMILES string of the molecule is C=C(/C=C(\C(=C)F)C(=O)O)CN[C-]=O.[Fm]. The summed E-state index contributed by atoms with van der Waals surface area (Å²) in [6, 6.07) is 0. The topological polar surface area (TPSA) is 66.4 Å². The number of amides is 1. The number of carbonyl (C=O) groups is 1. The summed E-state index contributed by atoms with van der Waals surface area (Å²) < 4.78 is 12.5. The molecule has 0 bridgehead atoms. The molecule has 0 aliphatic carbocycles. The summed E-state index contributed by atoms with van der Waals surface area (Å²) in [4.78, 5) is 20.2. The molecular formula is C9H9FFmNO3-. The van der Waals surface area contributed by atoms with Crippen LogP contribution in [-0.4, -0.2) is 24.0 Å². The molecule has 0 radical (unpaired) electrons. The minimum absolute atomic E-state index is 0. The van der Waals surface area contributed by atoms with Crippen LogP contribution >= 0.6 is 0 Å². The Kier molecular flexibility index (Phi) is 6.42. The molecule has 88 valence electrons. The van der Waals surface area contributed by atoms with Gasteiger partial charge in [-0.1, -0.05) is 13.2 Å². The first-order chi connectivity index (χ1) is 6.49. The molecule has 0 saturated carbocycles. The van der Waals surface area contributed by atoms with Crippen LogP contribution in [0.25, 0.3) is 0 Å². The van der Waals surface area contributed by atoms with Gasteiger partial charge < -0.3 is 15.2 Å². The van der Waals surface area contributed by atoms with Crippen LogP contribution in [0, 0.1) is 0 Å². The van der Waals surface area contributed by atoms with Gasteiger partial charge in [0, 0.05) is 6.54 Å². The Hall–Kier alpha value is -2.91. The van der Waals surface area contributed by atoms with Crippen molar-refractivity contribution < 1.29 is 19.1 Å². The second-order valence-electron chi connectivity index (χ2n) is 2.38. The van der Waals surface area contributed by atoms with Gasteiger partial charge in [-0.15, -0.1) is 0 Å².